The van der Waals surface area contributed by atoms with Crippen LogP contribution < -0.4 is 5.32 Å². The van der Waals surface area contributed by atoms with Crippen LogP contribution in [0.15, 0.2) is 29.2 Å². The average molecular weight is 321 g/mol. The molecule has 0 aromatic heterocycles. The Kier molecular flexibility index (Phi) is 7.04. The summed E-state index contributed by atoms with van der Waals surface area (Å²) in [6.45, 7) is 2.29. The molecule has 0 aliphatic heterocycles. The summed E-state index contributed by atoms with van der Waals surface area (Å²) >= 11 is -0.295. The molecule has 0 spiro atoms. The van der Waals surface area contributed by atoms with E-state index in [9.17, 15) is 18.0 Å². The van der Waals surface area contributed by atoms with Crippen LogP contribution in [0.25, 0.3) is 0 Å². The Hall–Kier alpha value is -1.21. The molecular weight excluding hydrogens is 303 g/mol. The fourth-order valence-corrected chi connectivity index (χ4v) is 2.50. The van der Waals surface area contributed by atoms with Crippen molar-refractivity contribution in [2.24, 2.45) is 5.92 Å². The Labute approximate surface area is 125 Å². The van der Waals surface area contributed by atoms with E-state index in [1.807, 2.05) is 6.92 Å². The summed E-state index contributed by atoms with van der Waals surface area (Å²) in [4.78, 5) is 11.9. The Morgan fingerprint density at radius 3 is 2.62 bits per heavy atom. The Bertz CT molecular complexity index is 466. The van der Waals surface area contributed by atoms with Crippen LogP contribution in [0.5, 0.6) is 0 Å². The molecule has 0 aliphatic carbocycles. The zero-order chi connectivity index (χ0) is 15.9. The van der Waals surface area contributed by atoms with E-state index in [4.69, 9.17) is 5.11 Å². The number of nitrogens with one attached hydrogen (secondary N) is 1. The van der Waals surface area contributed by atoms with Gasteiger partial charge in [-0.3, -0.25) is 4.79 Å². The van der Waals surface area contributed by atoms with Gasteiger partial charge in [0.05, 0.1) is 5.56 Å². The predicted octanol–water partition coefficient (Wildman–Crippen LogP) is 3.44. The van der Waals surface area contributed by atoms with Crippen molar-refractivity contribution in [3.63, 3.8) is 0 Å². The van der Waals surface area contributed by atoms with Crippen molar-refractivity contribution in [3.05, 3.63) is 29.8 Å². The molecule has 0 radical (unpaired) electrons. The maximum absolute atomic E-state index is 12.5. The minimum absolute atomic E-state index is 0.0127. The molecule has 3 nitrogen and oxygen atoms in total. The lowest BCUT2D eigenvalue weighted by Gasteiger charge is -2.15. The Morgan fingerprint density at radius 1 is 1.38 bits per heavy atom. The van der Waals surface area contributed by atoms with E-state index in [0.29, 0.717) is 13.0 Å². The van der Waals surface area contributed by atoms with Gasteiger partial charge >= 0.3 is 5.51 Å². The molecule has 2 N–H and O–H groups in total. The van der Waals surface area contributed by atoms with Crippen molar-refractivity contribution < 1.29 is 23.1 Å². The number of rotatable bonds is 7. The van der Waals surface area contributed by atoms with E-state index in [-0.39, 0.29) is 34.7 Å². The minimum Gasteiger partial charge on any atom is -0.396 e. The second kappa shape index (κ2) is 8.29. The first kappa shape index (κ1) is 17.8. The van der Waals surface area contributed by atoms with Gasteiger partial charge in [0.1, 0.15) is 0 Å². The van der Waals surface area contributed by atoms with E-state index < -0.39 is 11.4 Å². The van der Waals surface area contributed by atoms with Gasteiger partial charge in [-0.1, -0.05) is 25.5 Å². The molecule has 0 heterocycles. The molecule has 21 heavy (non-hydrogen) atoms. The lowest BCUT2D eigenvalue weighted by Crippen LogP contribution is -2.30. The van der Waals surface area contributed by atoms with Crippen molar-refractivity contribution in [2.45, 2.75) is 30.2 Å². The van der Waals surface area contributed by atoms with Crippen LogP contribution in [-0.4, -0.2) is 29.7 Å². The average Bonchev–Trinajstić information content (AvgIpc) is 2.42. The van der Waals surface area contributed by atoms with Gasteiger partial charge in [0, 0.05) is 18.0 Å². The molecule has 7 heteroatoms. The van der Waals surface area contributed by atoms with Crippen LogP contribution in [-0.2, 0) is 0 Å². The van der Waals surface area contributed by atoms with Gasteiger partial charge < -0.3 is 10.4 Å². The Balaban J connectivity index is 2.74. The number of benzene rings is 1. The van der Waals surface area contributed by atoms with Crippen LogP contribution in [0.2, 0.25) is 0 Å². The number of halogens is 3. The van der Waals surface area contributed by atoms with Gasteiger partial charge in [0.25, 0.3) is 5.91 Å². The standard InChI is InChI=1S/C14H18F3NO2S/c1-2-10(7-8-19)9-18-13(20)11-5-3-4-6-12(11)21-14(15,16)17/h3-6,10,19H,2,7-9H2,1H3,(H,18,20). The third-order valence-electron chi connectivity index (χ3n) is 3.02. The monoisotopic (exact) mass is 321 g/mol. The highest BCUT2D eigenvalue weighted by molar-refractivity contribution is 8.00. The van der Waals surface area contributed by atoms with Gasteiger partial charge in [-0.05, 0) is 36.2 Å². The highest BCUT2D eigenvalue weighted by atomic mass is 32.2. The number of aliphatic hydroxyl groups is 1. The molecule has 0 aliphatic rings. The van der Waals surface area contributed by atoms with Crippen molar-refractivity contribution in [2.75, 3.05) is 13.2 Å². The van der Waals surface area contributed by atoms with Gasteiger partial charge in [-0.15, -0.1) is 0 Å². The number of thioether (sulfide) groups is 1. The molecule has 1 rings (SSSR count). The minimum atomic E-state index is -4.43. The lowest BCUT2D eigenvalue weighted by atomic mass is 10.0. The maximum Gasteiger partial charge on any atom is 0.446 e. The molecule has 0 saturated heterocycles. The van der Waals surface area contributed by atoms with E-state index in [1.165, 1.54) is 24.3 Å². The SMILES string of the molecule is CCC(CCO)CNC(=O)c1ccccc1SC(F)(F)F. The fourth-order valence-electron chi connectivity index (χ4n) is 1.83. The van der Waals surface area contributed by atoms with Crippen LogP contribution in [0, 0.1) is 5.92 Å². The second-order valence-electron chi connectivity index (χ2n) is 4.54. The van der Waals surface area contributed by atoms with Crippen LogP contribution in [0.1, 0.15) is 30.1 Å². The zero-order valence-corrected chi connectivity index (χ0v) is 12.4. The van der Waals surface area contributed by atoms with Crippen molar-refractivity contribution in [1.29, 1.82) is 0 Å². The van der Waals surface area contributed by atoms with Gasteiger partial charge in [-0.25, -0.2) is 0 Å². The molecular formula is C14H18F3NO2S. The van der Waals surface area contributed by atoms with Gasteiger partial charge in [0.2, 0.25) is 0 Å². The molecule has 0 fully saturated rings. The predicted molar refractivity (Wildman–Crippen MR) is 76.2 cm³/mol. The lowest BCUT2D eigenvalue weighted by molar-refractivity contribution is -0.0328. The number of hydrogen-bond donors (Lipinski definition) is 2. The van der Waals surface area contributed by atoms with Gasteiger partial charge in [-0.2, -0.15) is 13.2 Å². The molecule has 1 atom stereocenters. The highest BCUT2D eigenvalue weighted by Crippen LogP contribution is 2.38. The number of carbonyl (C=O) groups excluding carboxylic acids is 1. The molecule has 1 amide bonds. The number of hydrogen-bond acceptors (Lipinski definition) is 3. The maximum atomic E-state index is 12.5. The van der Waals surface area contributed by atoms with Crippen LogP contribution in [0.4, 0.5) is 13.2 Å². The molecule has 118 valence electrons. The first-order valence-electron chi connectivity index (χ1n) is 6.61. The summed E-state index contributed by atoms with van der Waals surface area (Å²) in [5.41, 5.74) is -4.42. The quantitative estimate of drug-likeness (QED) is 0.756. The molecule has 1 unspecified atom stereocenters. The van der Waals surface area contributed by atoms with E-state index in [1.54, 1.807) is 0 Å². The molecule has 0 saturated carbocycles. The highest BCUT2D eigenvalue weighted by Gasteiger charge is 2.31. The zero-order valence-electron chi connectivity index (χ0n) is 11.6. The number of carbonyl (C=O) groups is 1. The first-order valence-corrected chi connectivity index (χ1v) is 7.42. The number of aliphatic hydroxyl groups excluding tert-OH is 1. The summed E-state index contributed by atoms with van der Waals surface area (Å²) in [5.74, 6) is -0.417. The van der Waals surface area contributed by atoms with Gasteiger partial charge in [0.15, 0.2) is 0 Å². The van der Waals surface area contributed by atoms with E-state index in [0.717, 1.165) is 6.42 Å². The number of alkyl halides is 3. The fraction of sp³-hybridized carbons (Fsp3) is 0.500. The largest absolute Gasteiger partial charge is 0.446 e. The Morgan fingerprint density at radius 2 is 2.05 bits per heavy atom. The van der Waals surface area contributed by atoms with E-state index in [2.05, 4.69) is 5.32 Å². The van der Waals surface area contributed by atoms with Crippen molar-refractivity contribution in [3.8, 4) is 0 Å². The second-order valence-corrected chi connectivity index (χ2v) is 5.65. The van der Waals surface area contributed by atoms with Crippen molar-refractivity contribution in [1.82, 2.24) is 5.32 Å². The summed E-state index contributed by atoms with van der Waals surface area (Å²) in [6, 6.07) is 5.64. The summed E-state index contributed by atoms with van der Waals surface area (Å²) in [6.07, 6.45) is 1.33. The molecule has 0 bridgehead atoms. The summed E-state index contributed by atoms with van der Waals surface area (Å²) < 4.78 is 37.4. The van der Waals surface area contributed by atoms with E-state index >= 15 is 0 Å². The third-order valence-corrected chi connectivity index (χ3v) is 3.83. The van der Waals surface area contributed by atoms with Crippen molar-refractivity contribution >= 4 is 17.7 Å². The first-order chi connectivity index (χ1) is 9.87. The van der Waals surface area contributed by atoms with Crippen LogP contribution in [0.3, 0.4) is 0 Å². The summed E-state index contributed by atoms with van der Waals surface area (Å²) in [5, 5.41) is 11.5. The third kappa shape index (κ3) is 6.39. The number of amides is 1. The summed E-state index contributed by atoms with van der Waals surface area (Å²) in [7, 11) is 0. The molecule has 1 aromatic rings. The smallest absolute Gasteiger partial charge is 0.396 e. The normalized spacial score (nSPS) is 13.0. The van der Waals surface area contributed by atoms with Crippen LogP contribution >= 0.6 is 11.8 Å². The molecule has 1 aromatic carbocycles. The topological polar surface area (TPSA) is 49.3 Å².